The van der Waals surface area contributed by atoms with Crippen molar-refractivity contribution in [1.82, 2.24) is 5.32 Å². The van der Waals surface area contributed by atoms with Crippen LogP contribution < -0.4 is 11.1 Å². The minimum absolute atomic E-state index is 0.0299. The fourth-order valence-corrected chi connectivity index (χ4v) is 5.20. The molecule has 7 heteroatoms. The van der Waals surface area contributed by atoms with Gasteiger partial charge in [0.05, 0.1) is 5.54 Å². The zero-order valence-electron chi connectivity index (χ0n) is 15.7. The Morgan fingerprint density at radius 2 is 2.08 bits per heavy atom. The van der Waals surface area contributed by atoms with Gasteiger partial charge in [-0.2, -0.15) is 0 Å². The van der Waals surface area contributed by atoms with Crippen LogP contribution in [-0.2, 0) is 10.3 Å². The molecule has 0 unspecified atom stereocenters. The van der Waals surface area contributed by atoms with Gasteiger partial charge in [0.2, 0.25) is 0 Å². The molecule has 5 nitrogen and oxygen atoms in total. The van der Waals surface area contributed by atoms with Crippen molar-refractivity contribution in [1.29, 1.82) is 0 Å². The van der Waals surface area contributed by atoms with Crippen LogP contribution in [0.3, 0.4) is 0 Å². The Balaban J connectivity index is 1.93. The van der Waals surface area contributed by atoms with Gasteiger partial charge in [0, 0.05) is 16.0 Å². The van der Waals surface area contributed by atoms with Crippen LogP contribution >= 0.6 is 11.8 Å². The third-order valence-electron chi connectivity index (χ3n) is 4.77. The van der Waals surface area contributed by atoms with Crippen LogP contribution in [0.2, 0.25) is 0 Å². The van der Waals surface area contributed by atoms with Crippen molar-refractivity contribution >= 4 is 28.7 Å². The number of nitrogens with two attached hydrogens (primary N) is 1. The Morgan fingerprint density at radius 1 is 1.38 bits per heavy atom. The van der Waals surface area contributed by atoms with E-state index < -0.39 is 17.2 Å². The number of amides is 1. The summed E-state index contributed by atoms with van der Waals surface area (Å²) in [5.74, 6) is -0.330. The van der Waals surface area contributed by atoms with Gasteiger partial charge < -0.3 is 10.5 Å². The SMILES string of the molecule is CC(C)(C)OC(=O)NC1=N[C@@](C)(c2cc(N)ccc2F)CC2(CCC2)S1. The second-order valence-electron chi connectivity index (χ2n) is 8.37. The van der Waals surface area contributed by atoms with Crippen molar-refractivity contribution in [3.8, 4) is 0 Å². The van der Waals surface area contributed by atoms with Crippen LogP contribution in [0.4, 0.5) is 14.9 Å². The molecule has 1 atom stereocenters. The van der Waals surface area contributed by atoms with E-state index in [9.17, 15) is 9.18 Å². The smallest absolute Gasteiger partial charge is 0.413 e. The standard InChI is InChI=1S/C19H26FN3O2S/c1-17(2,3)25-16(24)22-15-23-18(4,11-19(26-15)8-5-9-19)13-10-12(21)6-7-14(13)20/h6-7,10H,5,8-9,11,21H2,1-4H3,(H,22,23,24)/t18-/m1/s1. The van der Waals surface area contributed by atoms with Gasteiger partial charge in [-0.25, -0.2) is 9.18 Å². The van der Waals surface area contributed by atoms with E-state index >= 15 is 0 Å². The number of thioether (sulfide) groups is 1. The maximum atomic E-state index is 14.5. The van der Waals surface area contributed by atoms with E-state index in [2.05, 4.69) is 5.32 Å². The third kappa shape index (κ3) is 3.98. The van der Waals surface area contributed by atoms with Crippen LogP contribution in [0, 0.1) is 5.82 Å². The second-order valence-corrected chi connectivity index (χ2v) is 9.83. The van der Waals surface area contributed by atoms with E-state index in [0.29, 0.717) is 22.8 Å². The molecular weight excluding hydrogens is 353 g/mol. The van der Waals surface area contributed by atoms with Crippen molar-refractivity contribution in [2.24, 2.45) is 4.99 Å². The molecular formula is C19H26FN3O2S. The lowest BCUT2D eigenvalue weighted by Crippen LogP contribution is -2.48. The molecule has 1 aromatic rings. The highest BCUT2D eigenvalue weighted by Gasteiger charge is 2.49. The average molecular weight is 380 g/mol. The molecule has 0 saturated heterocycles. The summed E-state index contributed by atoms with van der Waals surface area (Å²) in [5, 5.41) is 3.24. The molecule has 3 rings (SSSR count). The molecule has 1 aliphatic heterocycles. The summed E-state index contributed by atoms with van der Waals surface area (Å²) >= 11 is 1.57. The number of hydrogen-bond donors (Lipinski definition) is 2. The number of anilines is 1. The van der Waals surface area contributed by atoms with Gasteiger partial charge in [0.15, 0.2) is 5.17 Å². The molecule has 0 bridgehead atoms. The maximum absolute atomic E-state index is 14.5. The second kappa shape index (κ2) is 6.44. The van der Waals surface area contributed by atoms with Crippen molar-refractivity contribution in [3.63, 3.8) is 0 Å². The molecule has 1 fully saturated rings. The predicted octanol–water partition coefficient (Wildman–Crippen LogP) is 4.56. The van der Waals surface area contributed by atoms with Gasteiger partial charge in [0.1, 0.15) is 11.4 Å². The molecule has 2 aliphatic rings. The normalized spacial score (nSPS) is 24.6. The van der Waals surface area contributed by atoms with Crippen molar-refractivity contribution < 1.29 is 13.9 Å². The maximum Gasteiger partial charge on any atom is 0.413 e. The minimum atomic E-state index is -0.782. The monoisotopic (exact) mass is 379 g/mol. The van der Waals surface area contributed by atoms with Gasteiger partial charge >= 0.3 is 6.09 Å². The Bertz CT molecular complexity index is 756. The fourth-order valence-electron chi connectivity index (χ4n) is 3.56. The molecule has 0 aromatic heterocycles. The molecule has 1 aromatic carbocycles. The first kappa shape index (κ1) is 19.0. The number of carbonyl (C=O) groups is 1. The molecule has 1 aliphatic carbocycles. The van der Waals surface area contributed by atoms with E-state index in [1.54, 1.807) is 23.9 Å². The lowest BCUT2D eigenvalue weighted by molar-refractivity contribution is 0.0564. The van der Waals surface area contributed by atoms with Crippen LogP contribution in [0.1, 0.15) is 58.9 Å². The summed E-state index contributed by atoms with van der Waals surface area (Å²) in [5.41, 5.74) is 5.47. The number of rotatable bonds is 1. The number of benzene rings is 1. The number of carbonyl (C=O) groups excluding carboxylic acids is 1. The van der Waals surface area contributed by atoms with Gasteiger partial charge in [-0.05, 0) is 65.2 Å². The molecule has 1 amide bonds. The zero-order chi connectivity index (χ0) is 19.2. The van der Waals surface area contributed by atoms with Gasteiger partial charge in [-0.15, -0.1) is 0 Å². The highest BCUT2D eigenvalue weighted by Crippen LogP contribution is 2.55. The third-order valence-corrected chi connectivity index (χ3v) is 6.14. The van der Waals surface area contributed by atoms with E-state index in [0.717, 1.165) is 19.3 Å². The van der Waals surface area contributed by atoms with Crippen LogP contribution in [-0.4, -0.2) is 21.6 Å². The summed E-state index contributed by atoms with van der Waals surface area (Å²) < 4.78 is 19.9. The highest BCUT2D eigenvalue weighted by atomic mass is 32.2. The largest absolute Gasteiger partial charge is 0.444 e. The Hall–Kier alpha value is -1.76. The Morgan fingerprint density at radius 3 is 2.65 bits per heavy atom. The number of ether oxygens (including phenoxy) is 1. The van der Waals surface area contributed by atoms with E-state index in [1.807, 2.05) is 27.7 Å². The number of hydrogen-bond acceptors (Lipinski definition) is 5. The predicted molar refractivity (Wildman–Crippen MR) is 104 cm³/mol. The topological polar surface area (TPSA) is 76.7 Å². The Labute approximate surface area is 158 Å². The average Bonchev–Trinajstić information content (AvgIpc) is 2.45. The molecule has 0 radical (unpaired) electrons. The molecule has 26 heavy (non-hydrogen) atoms. The highest BCUT2D eigenvalue weighted by molar-refractivity contribution is 8.15. The van der Waals surface area contributed by atoms with Crippen molar-refractivity contribution in [2.45, 2.75) is 69.3 Å². The van der Waals surface area contributed by atoms with Crippen LogP contribution in [0.15, 0.2) is 23.2 Å². The zero-order valence-corrected chi connectivity index (χ0v) is 16.5. The summed E-state index contributed by atoms with van der Waals surface area (Å²) in [6, 6.07) is 4.57. The van der Waals surface area contributed by atoms with E-state index in [1.165, 1.54) is 6.07 Å². The first-order valence-electron chi connectivity index (χ1n) is 8.85. The molecule has 142 valence electrons. The number of amidine groups is 1. The lowest BCUT2D eigenvalue weighted by Gasteiger charge is -2.49. The molecule has 1 saturated carbocycles. The summed E-state index contributed by atoms with van der Waals surface area (Å²) in [7, 11) is 0. The van der Waals surface area contributed by atoms with Crippen molar-refractivity contribution in [2.75, 3.05) is 5.73 Å². The first-order chi connectivity index (χ1) is 12.0. The van der Waals surface area contributed by atoms with Gasteiger partial charge in [-0.3, -0.25) is 10.3 Å². The van der Waals surface area contributed by atoms with E-state index in [-0.39, 0.29) is 10.6 Å². The summed E-state index contributed by atoms with van der Waals surface area (Å²) in [4.78, 5) is 16.9. The van der Waals surface area contributed by atoms with Crippen molar-refractivity contribution in [3.05, 3.63) is 29.6 Å². The number of nitrogens with zero attached hydrogens (tertiary/aromatic N) is 1. The molecule has 3 N–H and O–H groups in total. The molecule has 1 heterocycles. The number of nitrogen functional groups attached to an aromatic ring is 1. The number of halogens is 1. The number of nitrogens with one attached hydrogen (secondary N) is 1. The van der Waals surface area contributed by atoms with Crippen LogP contribution in [0.25, 0.3) is 0 Å². The summed E-state index contributed by atoms with van der Waals surface area (Å²) in [6.07, 6.45) is 3.33. The summed E-state index contributed by atoms with van der Waals surface area (Å²) in [6.45, 7) is 7.33. The fraction of sp³-hybridized carbons (Fsp3) is 0.579. The molecule has 1 spiro atoms. The minimum Gasteiger partial charge on any atom is -0.444 e. The Kier molecular flexibility index (Phi) is 4.71. The number of alkyl carbamates (subject to hydrolysis) is 1. The number of aliphatic imine (C=N–C) groups is 1. The quantitative estimate of drug-likeness (QED) is 0.701. The lowest BCUT2D eigenvalue weighted by atomic mass is 9.73. The van der Waals surface area contributed by atoms with Gasteiger partial charge in [0.25, 0.3) is 0 Å². The first-order valence-corrected chi connectivity index (χ1v) is 9.66. The van der Waals surface area contributed by atoms with Crippen LogP contribution in [0.5, 0.6) is 0 Å². The van der Waals surface area contributed by atoms with E-state index in [4.69, 9.17) is 15.5 Å². The van der Waals surface area contributed by atoms with Gasteiger partial charge in [-0.1, -0.05) is 18.2 Å².